The van der Waals surface area contributed by atoms with Crippen LogP contribution in [0.5, 0.6) is 0 Å². The number of thioether (sulfide) groups is 1. The summed E-state index contributed by atoms with van der Waals surface area (Å²) in [7, 11) is 0. The summed E-state index contributed by atoms with van der Waals surface area (Å²) >= 11 is 1.94. The highest BCUT2D eigenvalue weighted by atomic mass is 35.5. The van der Waals surface area contributed by atoms with Crippen LogP contribution in [0.2, 0.25) is 0 Å². The zero-order valence-electron chi connectivity index (χ0n) is 13.3. The van der Waals surface area contributed by atoms with E-state index in [1.165, 1.54) is 0 Å². The number of rotatable bonds is 6. The molecule has 0 spiro atoms. The Morgan fingerprint density at radius 3 is 2.96 bits per heavy atom. The zero-order chi connectivity index (χ0) is 15.4. The van der Waals surface area contributed by atoms with Gasteiger partial charge in [-0.2, -0.15) is 11.8 Å². The molecule has 0 saturated carbocycles. The second-order valence-electron chi connectivity index (χ2n) is 6.48. The Kier molecular flexibility index (Phi) is 7.30. The molecule has 3 amide bonds. The van der Waals surface area contributed by atoms with Crippen LogP contribution in [0.1, 0.15) is 38.5 Å². The van der Waals surface area contributed by atoms with Crippen molar-refractivity contribution < 1.29 is 9.59 Å². The maximum atomic E-state index is 11.9. The van der Waals surface area contributed by atoms with Crippen LogP contribution in [0.3, 0.4) is 0 Å². The quantitative estimate of drug-likeness (QED) is 0.420. The van der Waals surface area contributed by atoms with Crippen LogP contribution in [-0.4, -0.2) is 54.2 Å². The molecule has 0 bridgehead atoms. The Labute approximate surface area is 148 Å². The molecule has 23 heavy (non-hydrogen) atoms. The number of halogens is 1. The van der Waals surface area contributed by atoms with Gasteiger partial charge in [0, 0.05) is 30.0 Å². The van der Waals surface area contributed by atoms with Gasteiger partial charge in [0.05, 0.1) is 12.1 Å². The third kappa shape index (κ3) is 5.16. The average molecular weight is 363 g/mol. The molecule has 3 saturated heterocycles. The zero-order valence-corrected chi connectivity index (χ0v) is 14.9. The highest BCUT2D eigenvalue weighted by Gasteiger charge is 2.42. The van der Waals surface area contributed by atoms with Crippen molar-refractivity contribution in [3.8, 4) is 0 Å². The summed E-state index contributed by atoms with van der Waals surface area (Å²) in [5.74, 6) is 1.19. The van der Waals surface area contributed by atoms with Gasteiger partial charge in [0.25, 0.3) is 0 Å². The SMILES string of the molecule is Cl.O=C(CCCC[C@@H]1SC[C@@H]2NC(=O)N[C@@H]21)NC1CCCNC1. The smallest absolute Gasteiger partial charge is 0.315 e. The minimum absolute atomic E-state index is 0. The molecule has 3 aliphatic rings. The summed E-state index contributed by atoms with van der Waals surface area (Å²) in [6.07, 6.45) is 5.91. The molecule has 4 N–H and O–H groups in total. The molecular weight excluding hydrogens is 336 g/mol. The summed E-state index contributed by atoms with van der Waals surface area (Å²) < 4.78 is 0. The minimum Gasteiger partial charge on any atom is -0.352 e. The van der Waals surface area contributed by atoms with Gasteiger partial charge in [0.1, 0.15) is 0 Å². The molecule has 8 heteroatoms. The van der Waals surface area contributed by atoms with Crippen molar-refractivity contribution in [2.45, 2.75) is 61.9 Å². The van der Waals surface area contributed by atoms with Gasteiger partial charge in [0.15, 0.2) is 0 Å². The van der Waals surface area contributed by atoms with Gasteiger partial charge in [-0.3, -0.25) is 4.79 Å². The van der Waals surface area contributed by atoms with Crippen LogP contribution in [0.15, 0.2) is 0 Å². The molecule has 4 atom stereocenters. The number of amides is 3. The predicted molar refractivity (Wildman–Crippen MR) is 95.2 cm³/mol. The molecule has 0 aromatic carbocycles. The Morgan fingerprint density at radius 2 is 2.17 bits per heavy atom. The lowest BCUT2D eigenvalue weighted by Gasteiger charge is -2.23. The van der Waals surface area contributed by atoms with E-state index in [2.05, 4.69) is 21.3 Å². The molecular formula is C15H27ClN4O2S. The fraction of sp³-hybridized carbons (Fsp3) is 0.867. The van der Waals surface area contributed by atoms with Gasteiger partial charge in [-0.25, -0.2) is 4.79 Å². The second kappa shape index (κ2) is 8.99. The summed E-state index contributed by atoms with van der Waals surface area (Å²) in [5.41, 5.74) is 0. The van der Waals surface area contributed by atoms with Crippen LogP contribution in [0, 0.1) is 0 Å². The lowest BCUT2D eigenvalue weighted by atomic mass is 10.0. The molecule has 0 aromatic rings. The van der Waals surface area contributed by atoms with Gasteiger partial charge in [-0.15, -0.1) is 12.4 Å². The van der Waals surface area contributed by atoms with E-state index >= 15 is 0 Å². The van der Waals surface area contributed by atoms with Crippen LogP contribution in [-0.2, 0) is 4.79 Å². The number of urea groups is 1. The number of hydrogen-bond donors (Lipinski definition) is 4. The van der Waals surface area contributed by atoms with E-state index in [0.717, 1.165) is 50.9 Å². The maximum Gasteiger partial charge on any atom is 0.315 e. The first-order valence-electron chi connectivity index (χ1n) is 8.41. The second-order valence-corrected chi connectivity index (χ2v) is 7.75. The first kappa shape index (κ1) is 18.7. The molecule has 3 heterocycles. The van der Waals surface area contributed by atoms with Gasteiger partial charge in [-0.1, -0.05) is 6.42 Å². The highest BCUT2D eigenvalue weighted by Crippen LogP contribution is 2.33. The van der Waals surface area contributed by atoms with Crippen LogP contribution in [0.4, 0.5) is 4.79 Å². The largest absolute Gasteiger partial charge is 0.352 e. The van der Waals surface area contributed by atoms with Crippen molar-refractivity contribution in [2.75, 3.05) is 18.8 Å². The molecule has 0 radical (unpaired) electrons. The van der Waals surface area contributed by atoms with Gasteiger partial charge in [-0.05, 0) is 32.2 Å². The molecule has 6 nitrogen and oxygen atoms in total. The lowest BCUT2D eigenvalue weighted by molar-refractivity contribution is -0.122. The number of nitrogens with one attached hydrogen (secondary N) is 4. The first-order chi connectivity index (χ1) is 10.7. The number of carbonyl (C=O) groups is 2. The summed E-state index contributed by atoms with van der Waals surface area (Å²) in [6.45, 7) is 1.97. The van der Waals surface area contributed by atoms with Crippen molar-refractivity contribution in [3.05, 3.63) is 0 Å². The van der Waals surface area contributed by atoms with E-state index in [1.807, 2.05) is 11.8 Å². The van der Waals surface area contributed by atoms with Crippen molar-refractivity contribution in [3.63, 3.8) is 0 Å². The van der Waals surface area contributed by atoms with Gasteiger partial charge >= 0.3 is 6.03 Å². The highest BCUT2D eigenvalue weighted by molar-refractivity contribution is 8.00. The van der Waals surface area contributed by atoms with E-state index in [9.17, 15) is 9.59 Å². The molecule has 1 unspecified atom stereocenters. The van der Waals surface area contributed by atoms with Crippen molar-refractivity contribution in [1.82, 2.24) is 21.3 Å². The molecule has 3 aliphatic heterocycles. The standard InChI is InChI=1S/C15H26N4O2S.ClH/c20-13(17-10-4-3-7-16-8-10)6-2-1-5-12-14-11(9-22-12)18-15(21)19-14;/h10-12,14,16H,1-9H2,(H,17,20)(H2,18,19,21);1H/t10?,11-,12-,14-;/m0./s1. The predicted octanol–water partition coefficient (Wildman–Crippen LogP) is 1.00. The molecule has 132 valence electrons. The first-order valence-corrected chi connectivity index (χ1v) is 9.46. The normalized spacial score (nSPS) is 32.4. The molecule has 3 fully saturated rings. The monoisotopic (exact) mass is 362 g/mol. The minimum atomic E-state index is -0.0271. The lowest BCUT2D eigenvalue weighted by Crippen LogP contribution is -2.45. The van der Waals surface area contributed by atoms with E-state index in [1.54, 1.807) is 0 Å². The molecule has 0 aromatic heterocycles. The van der Waals surface area contributed by atoms with Crippen molar-refractivity contribution >= 4 is 36.1 Å². The number of carbonyl (C=O) groups excluding carboxylic acids is 2. The number of piperidine rings is 1. The maximum absolute atomic E-state index is 11.9. The van der Waals surface area contributed by atoms with Crippen LogP contribution < -0.4 is 21.3 Å². The molecule has 0 aliphatic carbocycles. The van der Waals surface area contributed by atoms with Gasteiger partial charge < -0.3 is 21.3 Å². The van der Waals surface area contributed by atoms with Crippen LogP contribution in [0.25, 0.3) is 0 Å². The van der Waals surface area contributed by atoms with Crippen molar-refractivity contribution in [2.24, 2.45) is 0 Å². The van der Waals surface area contributed by atoms with E-state index in [4.69, 9.17) is 0 Å². The van der Waals surface area contributed by atoms with Gasteiger partial charge in [0.2, 0.25) is 5.91 Å². The Bertz CT molecular complexity index is 420. The fourth-order valence-electron chi connectivity index (χ4n) is 3.55. The average Bonchev–Trinajstić information content (AvgIpc) is 3.04. The number of fused-ring (bicyclic) bond motifs is 1. The third-order valence-corrected chi connectivity index (χ3v) is 6.25. The number of unbranched alkanes of at least 4 members (excludes halogenated alkanes) is 1. The molecule has 3 rings (SSSR count). The topological polar surface area (TPSA) is 82.3 Å². The Hall–Kier alpha value is -0.660. The van der Waals surface area contributed by atoms with E-state index in [0.29, 0.717) is 23.8 Å². The summed E-state index contributed by atoms with van der Waals surface area (Å²) in [6, 6.07) is 0.859. The Morgan fingerprint density at radius 1 is 1.30 bits per heavy atom. The summed E-state index contributed by atoms with van der Waals surface area (Å²) in [4.78, 5) is 23.2. The van der Waals surface area contributed by atoms with E-state index in [-0.39, 0.29) is 30.4 Å². The Balaban J connectivity index is 0.00000192. The summed E-state index contributed by atoms with van der Waals surface area (Å²) in [5, 5.41) is 12.9. The van der Waals surface area contributed by atoms with Crippen molar-refractivity contribution in [1.29, 1.82) is 0 Å². The number of hydrogen-bond acceptors (Lipinski definition) is 4. The third-order valence-electron chi connectivity index (χ3n) is 4.74. The fourth-order valence-corrected chi connectivity index (χ4v) is 5.09. The van der Waals surface area contributed by atoms with Crippen LogP contribution >= 0.6 is 24.2 Å². The van der Waals surface area contributed by atoms with E-state index < -0.39 is 0 Å².